The Morgan fingerprint density at radius 2 is 1.85 bits per heavy atom. The van der Waals surface area contributed by atoms with Crippen LogP contribution in [0.4, 0.5) is 5.69 Å². The molecule has 0 heterocycles. The smallest absolute Gasteiger partial charge is 0.346 e. The second-order valence-electron chi connectivity index (χ2n) is 4.23. The number of allylic oxidation sites excluding steroid dienone is 4. The Kier molecular flexibility index (Phi) is 5.79. The number of nitrogens with zero attached hydrogens (tertiary/aromatic N) is 2. The Balaban J connectivity index is 2.65. The van der Waals surface area contributed by atoms with Crippen LogP contribution in [0.2, 0.25) is 0 Å². The molecule has 20 heavy (non-hydrogen) atoms. The molecule has 102 valence electrons. The second kappa shape index (κ2) is 7.59. The molecule has 0 amide bonds. The Morgan fingerprint density at radius 1 is 1.20 bits per heavy atom. The number of anilines is 1. The summed E-state index contributed by atoms with van der Waals surface area (Å²) in [7, 11) is 3.96. The molecule has 0 bridgehead atoms. The zero-order valence-electron chi connectivity index (χ0n) is 11.4. The van der Waals surface area contributed by atoms with Gasteiger partial charge < -0.3 is 10.0 Å². The lowest BCUT2D eigenvalue weighted by atomic mass is 10.2. The standard InChI is InChI=1S/C16H16N2O2/c1-18(2)15-10-8-13(9-11-15)6-4-3-5-7-14(12-17)16(19)20/h3-11H,1-2H3,(H,19,20). The molecule has 0 saturated heterocycles. The van der Waals surface area contributed by atoms with E-state index >= 15 is 0 Å². The summed E-state index contributed by atoms with van der Waals surface area (Å²) in [6.45, 7) is 0. The van der Waals surface area contributed by atoms with Crippen molar-refractivity contribution in [2.24, 2.45) is 0 Å². The van der Waals surface area contributed by atoms with Crippen molar-refractivity contribution in [2.45, 2.75) is 0 Å². The number of carboxylic acids is 1. The fraction of sp³-hybridized carbons (Fsp3) is 0.125. The van der Waals surface area contributed by atoms with Gasteiger partial charge in [-0.3, -0.25) is 0 Å². The van der Waals surface area contributed by atoms with Crippen molar-refractivity contribution < 1.29 is 9.90 Å². The minimum atomic E-state index is -1.22. The molecular formula is C16H16N2O2. The topological polar surface area (TPSA) is 64.3 Å². The van der Waals surface area contributed by atoms with Gasteiger partial charge in [0.25, 0.3) is 0 Å². The van der Waals surface area contributed by atoms with Crippen molar-refractivity contribution in [2.75, 3.05) is 19.0 Å². The van der Waals surface area contributed by atoms with Gasteiger partial charge >= 0.3 is 5.97 Å². The van der Waals surface area contributed by atoms with Crippen molar-refractivity contribution in [3.05, 3.63) is 59.7 Å². The number of nitriles is 1. The molecular weight excluding hydrogens is 252 g/mol. The van der Waals surface area contributed by atoms with E-state index in [1.165, 1.54) is 12.2 Å². The van der Waals surface area contributed by atoms with Crippen LogP contribution in [0.25, 0.3) is 6.08 Å². The van der Waals surface area contributed by atoms with E-state index in [4.69, 9.17) is 10.4 Å². The second-order valence-corrected chi connectivity index (χ2v) is 4.23. The highest BCUT2D eigenvalue weighted by Crippen LogP contribution is 2.13. The van der Waals surface area contributed by atoms with Crippen LogP contribution in [0.1, 0.15) is 5.56 Å². The summed E-state index contributed by atoms with van der Waals surface area (Å²) >= 11 is 0. The number of hydrogen-bond acceptors (Lipinski definition) is 3. The molecule has 0 aliphatic carbocycles. The molecule has 0 aliphatic rings. The molecule has 4 nitrogen and oxygen atoms in total. The number of hydrogen-bond donors (Lipinski definition) is 1. The van der Waals surface area contributed by atoms with E-state index in [9.17, 15) is 4.79 Å². The van der Waals surface area contributed by atoms with Crippen LogP contribution in [0.5, 0.6) is 0 Å². The number of aliphatic carboxylic acids is 1. The summed E-state index contributed by atoms with van der Waals surface area (Å²) in [6, 6.07) is 9.63. The van der Waals surface area contributed by atoms with Gasteiger partial charge in [-0.1, -0.05) is 36.4 Å². The maximum Gasteiger partial charge on any atom is 0.346 e. The van der Waals surface area contributed by atoms with E-state index in [0.29, 0.717) is 0 Å². The fourth-order valence-electron chi connectivity index (χ4n) is 1.42. The average Bonchev–Trinajstić information content (AvgIpc) is 2.42. The van der Waals surface area contributed by atoms with Crippen molar-refractivity contribution >= 4 is 17.7 Å². The molecule has 0 fully saturated rings. The number of benzene rings is 1. The zero-order chi connectivity index (χ0) is 15.0. The average molecular weight is 268 g/mol. The highest BCUT2D eigenvalue weighted by Gasteiger charge is 2.01. The molecule has 1 rings (SSSR count). The lowest BCUT2D eigenvalue weighted by molar-refractivity contribution is -0.132. The summed E-state index contributed by atoms with van der Waals surface area (Å²) in [5.41, 5.74) is 1.88. The number of rotatable bonds is 5. The van der Waals surface area contributed by atoms with Gasteiger partial charge in [0.15, 0.2) is 0 Å². The summed E-state index contributed by atoms with van der Waals surface area (Å²) in [5.74, 6) is -1.22. The van der Waals surface area contributed by atoms with Crippen LogP contribution >= 0.6 is 0 Å². The van der Waals surface area contributed by atoms with Crippen LogP contribution in [-0.2, 0) is 4.79 Å². The Hall–Kier alpha value is -2.80. The van der Waals surface area contributed by atoms with Crippen molar-refractivity contribution in [1.82, 2.24) is 0 Å². The third-order valence-electron chi connectivity index (χ3n) is 2.53. The molecule has 1 aromatic carbocycles. The molecule has 0 radical (unpaired) electrons. The Labute approximate surface area is 118 Å². The minimum Gasteiger partial charge on any atom is -0.477 e. The maximum absolute atomic E-state index is 10.6. The van der Waals surface area contributed by atoms with Crippen LogP contribution in [-0.4, -0.2) is 25.2 Å². The van der Waals surface area contributed by atoms with E-state index in [-0.39, 0.29) is 5.57 Å². The SMILES string of the molecule is CN(C)c1ccc(C=CC=CC=C(C#N)C(=O)O)cc1. The summed E-state index contributed by atoms with van der Waals surface area (Å²) in [4.78, 5) is 12.6. The van der Waals surface area contributed by atoms with Gasteiger partial charge in [-0.05, 0) is 23.8 Å². The molecule has 0 saturated carbocycles. The Bertz CT molecular complexity index is 588. The highest BCUT2D eigenvalue weighted by molar-refractivity contribution is 5.91. The van der Waals surface area contributed by atoms with Crippen molar-refractivity contribution in [3.8, 4) is 6.07 Å². The molecule has 0 aliphatic heterocycles. The fourth-order valence-corrected chi connectivity index (χ4v) is 1.42. The van der Waals surface area contributed by atoms with Gasteiger partial charge in [0.05, 0.1) is 0 Å². The number of carboxylic acid groups (broad SMARTS) is 1. The molecule has 1 N–H and O–H groups in total. The number of carbonyl (C=O) groups is 1. The molecule has 0 atom stereocenters. The van der Waals surface area contributed by atoms with Crippen LogP contribution < -0.4 is 4.90 Å². The normalized spacial score (nSPS) is 11.8. The first-order chi connectivity index (χ1) is 9.54. The third kappa shape index (κ3) is 4.83. The van der Waals surface area contributed by atoms with Crippen molar-refractivity contribution in [3.63, 3.8) is 0 Å². The lowest BCUT2D eigenvalue weighted by Crippen LogP contribution is -2.07. The van der Waals surface area contributed by atoms with Gasteiger partial charge in [-0.25, -0.2) is 4.79 Å². The lowest BCUT2D eigenvalue weighted by Gasteiger charge is -2.11. The van der Waals surface area contributed by atoms with E-state index in [1.54, 1.807) is 18.2 Å². The van der Waals surface area contributed by atoms with Gasteiger partial charge in [0, 0.05) is 19.8 Å². The molecule has 0 unspecified atom stereocenters. The largest absolute Gasteiger partial charge is 0.477 e. The predicted molar refractivity (Wildman–Crippen MR) is 80.3 cm³/mol. The van der Waals surface area contributed by atoms with Crippen LogP contribution in [0, 0.1) is 11.3 Å². The quantitative estimate of drug-likeness (QED) is 0.506. The molecule has 1 aromatic rings. The predicted octanol–water partition coefficient (Wildman–Crippen LogP) is 2.86. The van der Waals surface area contributed by atoms with E-state index in [1.807, 2.05) is 49.3 Å². The third-order valence-corrected chi connectivity index (χ3v) is 2.53. The van der Waals surface area contributed by atoms with Gasteiger partial charge in [-0.15, -0.1) is 0 Å². The molecule has 0 spiro atoms. The van der Waals surface area contributed by atoms with Gasteiger partial charge in [-0.2, -0.15) is 5.26 Å². The minimum absolute atomic E-state index is 0.287. The molecule has 0 aromatic heterocycles. The summed E-state index contributed by atoms with van der Waals surface area (Å²) in [5, 5.41) is 17.2. The highest BCUT2D eigenvalue weighted by atomic mass is 16.4. The van der Waals surface area contributed by atoms with Crippen LogP contribution in [0.3, 0.4) is 0 Å². The summed E-state index contributed by atoms with van der Waals surface area (Å²) in [6.07, 6.45) is 8.16. The van der Waals surface area contributed by atoms with Crippen molar-refractivity contribution in [1.29, 1.82) is 5.26 Å². The zero-order valence-corrected chi connectivity index (χ0v) is 11.4. The monoisotopic (exact) mass is 268 g/mol. The maximum atomic E-state index is 10.6. The van der Waals surface area contributed by atoms with Gasteiger partial charge in [0.1, 0.15) is 11.6 Å². The van der Waals surface area contributed by atoms with E-state index < -0.39 is 5.97 Å². The van der Waals surface area contributed by atoms with Crippen LogP contribution in [0.15, 0.2) is 54.1 Å². The van der Waals surface area contributed by atoms with Gasteiger partial charge in [0.2, 0.25) is 0 Å². The first-order valence-corrected chi connectivity index (χ1v) is 6.00. The molecule has 4 heteroatoms. The first kappa shape index (κ1) is 15.3. The summed E-state index contributed by atoms with van der Waals surface area (Å²) < 4.78 is 0. The van der Waals surface area contributed by atoms with E-state index in [0.717, 1.165) is 11.3 Å². The Morgan fingerprint density at radius 3 is 2.35 bits per heavy atom. The van der Waals surface area contributed by atoms with E-state index in [2.05, 4.69) is 0 Å². The first-order valence-electron chi connectivity index (χ1n) is 6.00.